The van der Waals surface area contributed by atoms with Crippen molar-refractivity contribution in [1.82, 2.24) is 19.9 Å². The molecule has 1 aliphatic heterocycles. The van der Waals surface area contributed by atoms with Gasteiger partial charge in [-0.15, -0.1) is 16.4 Å². The summed E-state index contributed by atoms with van der Waals surface area (Å²) in [7, 11) is 3.26. The summed E-state index contributed by atoms with van der Waals surface area (Å²) < 4.78 is 11.0. The van der Waals surface area contributed by atoms with Crippen molar-refractivity contribution in [2.75, 3.05) is 20.8 Å². The van der Waals surface area contributed by atoms with Gasteiger partial charge in [0.15, 0.2) is 17.2 Å². The molecule has 0 spiro atoms. The predicted molar refractivity (Wildman–Crippen MR) is 122 cm³/mol. The lowest BCUT2D eigenvalue weighted by Crippen LogP contribution is -2.40. The van der Waals surface area contributed by atoms with E-state index in [-0.39, 0.29) is 11.9 Å². The molecule has 0 radical (unpaired) electrons. The molecule has 8 heteroatoms. The number of hydrogen-bond donors (Lipinski definition) is 0. The number of carbonyl (C=O) groups is 1. The summed E-state index contributed by atoms with van der Waals surface area (Å²) >= 11 is 1.63. The van der Waals surface area contributed by atoms with Gasteiger partial charge in [-0.1, -0.05) is 24.3 Å². The second-order valence-corrected chi connectivity index (χ2v) is 8.41. The number of nitrogens with zero attached hydrogens (tertiary/aromatic N) is 4. The molecule has 3 heterocycles. The van der Waals surface area contributed by atoms with Gasteiger partial charge in [0.25, 0.3) is 5.91 Å². The number of rotatable bonds is 5. The molecule has 1 aliphatic rings. The van der Waals surface area contributed by atoms with Crippen LogP contribution in [0.15, 0.2) is 66.2 Å². The Morgan fingerprint density at radius 2 is 1.84 bits per heavy atom. The Kier molecular flexibility index (Phi) is 5.36. The number of amides is 1. The highest BCUT2D eigenvalue weighted by molar-refractivity contribution is 7.10. The normalized spacial score (nSPS) is 15.3. The van der Waals surface area contributed by atoms with Crippen molar-refractivity contribution in [1.29, 1.82) is 0 Å². The molecule has 7 nitrogen and oxygen atoms in total. The zero-order chi connectivity index (χ0) is 22.1. The number of methoxy groups -OCH3 is 2. The Morgan fingerprint density at radius 1 is 1.06 bits per heavy atom. The number of benzene rings is 2. The lowest BCUT2D eigenvalue weighted by Gasteiger charge is -2.37. The van der Waals surface area contributed by atoms with Crippen molar-refractivity contribution < 1.29 is 14.3 Å². The van der Waals surface area contributed by atoms with E-state index < -0.39 is 0 Å². The van der Waals surface area contributed by atoms with E-state index in [2.05, 4.69) is 16.3 Å². The number of carbonyl (C=O) groups excluding carboxylic acids is 1. The molecule has 0 fully saturated rings. The monoisotopic (exact) mass is 446 g/mol. The standard InChI is InChI=1S/C24H22N4O3S/c1-30-20-13-16-10-11-27(23(22-9-6-12-32-22)18(16)14-21(20)31-2)24(29)19-15-25-28(26-19)17-7-4-3-5-8-17/h3-9,12-15,23H,10-11H2,1-2H3/t23-/m1/s1. The lowest BCUT2D eigenvalue weighted by molar-refractivity contribution is 0.0690. The van der Waals surface area contributed by atoms with Crippen molar-refractivity contribution in [2.45, 2.75) is 12.5 Å². The highest BCUT2D eigenvalue weighted by atomic mass is 32.1. The highest BCUT2D eigenvalue weighted by Gasteiger charge is 2.35. The molecule has 32 heavy (non-hydrogen) atoms. The van der Waals surface area contributed by atoms with Gasteiger partial charge in [0.2, 0.25) is 0 Å². The van der Waals surface area contributed by atoms with Gasteiger partial charge in [0.05, 0.1) is 32.1 Å². The summed E-state index contributed by atoms with van der Waals surface area (Å²) in [6, 6.07) is 17.4. The molecule has 162 valence electrons. The number of hydrogen-bond acceptors (Lipinski definition) is 6. The number of ether oxygens (including phenoxy) is 2. The SMILES string of the molecule is COc1cc2c(cc1OC)[C@H](c1cccs1)N(C(=O)c1cnn(-c3ccccc3)n1)CC2. The van der Waals surface area contributed by atoms with Gasteiger partial charge in [-0.05, 0) is 53.3 Å². The Balaban J connectivity index is 1.54. The summed E-state index contributed by atoms with van der Waals surface area (Å²) in [6.07, 6.45) is 2.25. The minimum absolute atomic E-state index is 0.147. The molecule has 1 atom stereocenters. The van der Waals surface area contributed by atoms with E-state index in [9.17, 15) is 4.79 Å². The number of fused-ring (bicyclic) bond motifs is 1. The Labute approximate surface area is 189 Å². The second kappa shape index (κ2) is 8.47. The molecule has 1 amide bonds. The maximum Gasteiger partial charge on any atom is 0.276 e. The van der Waals surface area contributed by atoms with E-state index >= 15 is 0 Å². The number of para-hydroxylation sites is 1. The molecule has 0 saturated carbocycles. The van der Waals surface area contributed by atoms with Crippen LogP contribution in [0.1, 0.15) is 32.5 Å². The summed E-state index contributed by atoms with van der Waals surface area (Å²) in [5.74, 6) is 1.20. The minimum Gasteiger partial charge on any atom is -0.493 e. The van der Waals surface area contributed by atoms with Gasteiger partial charge in [-0.25, -0.2) is 0 Å². The Hall–Kier alpha value is -3.65. The Bertz CT molecular complexity index is 1240. The van der Waals surface area contributed by atoms with Crippen LogP contribution < -0.4 is 9.47 Å². The fourth-order valence-corrected chi connectivity index (χ4v) is 4.97. The van der Waals surface area contributed by atoms with E-state index in [1.165, 1.54) is 11.0 Å². The van der Waals surface area contributed by atoms with Crippen LogP contribution in [0.25, 0.3) is 5.69 Å². The first-order valence-corrected chi connectivity index (χ1v) is 11.1. The van der Waals surface area contributed by atoms with Gasteiger partial charge in [-0.3, -0.25) is 4.79 Å². The predicted octanol–water partition coefficient (Wildman–Crippen LogP) is 4.13. The molecule has 0 unspecified atom stereocenters. The van der Waals surface area contributed by atoms with Crippen molar-refractivity contribution in [3.05, 3.63) is 87.9 Å². The molecular formula is C24H22N4O3S. The largest absolute Gasteiger partial charge is 0.493 e. The molecule has 0 bridgehead atoms. The molecule has 0 aliphatic carbocycles. The van der Waals surface area contributed by atoms with Gasteiger partial charge in [0, 0.05) is 11.4 Å². The molecule has 2 aromatic carbocycles. The molecule has 5 rings (SSSR count). The number of aromatic nitrogens is 3. The lowest BCUT2D eigenvalue weighted by atomic mass is 9.90. The first kappa shape index (κ1) is 20.3. The van der Waals surface area contributed by atoms with Crippen molar-refractivity contribution in [3.63, 3.8) is 0 Å². The van der Waals surface area contributed by atoms with E-state index in [4.69, 9.17) is 9.47 Å². The zero-order valence-electron chi connectivity index (χ0n) is 17.8. The van der Waals surface area contributed by atoms with Crippen molar-refractivity contribution in [2.24, 2.45) is 0 Å². The van der Waals surface area contributed by atoms with E-state index in [1.54, 1.807) is 25.6 Å². The van der Waals surface area contributed by atoms with Crippen molar-refractivity contribution >= 4 is 17.2 Å². The summed E-state index contributed by atoms with van der Waals surface area (Å²) in [4.78, 5) is 18.0. The fourth-order valence-electron chi connectivity index (χ4n) is 4.11. The molecule has 2 aromatic heterocycles. The maximum atomic E-state index is 13.6. The maximum absolute atomic E-state index is 13.6. The van der Waals surface area contributed by atoms with Crippen LogP contribution in [0.3, 0.4) is 0 Å². The third-order valence-corrected chi connectivity index (χ3v) is 6.57. The minimum atomic E-state index is -0.229. The topological polar surface area (TPSA) is 69.5 Å². The van der Waals surface area contributed by atoms with Gasteiger partial charge in [0.1, 0.15) is 0 Å². The smallest absolute Gasteiger partial charge is 0.276 e. The molecule has 0 saturated heterocycles. The second-order valence-electron chi connectivity index (χ2n) is 7.43. The summed E-state index contributed by atoms with van der Waals surface area (Å²) in [5, 5.41) is 10.8. The van der Waals surface area contributed by atoms with Crippen LogP contribution >= 0.6 is 11.3 Å². The van der Waals surface area contributed by atoms with Gasteiger partial charge in [-0.2, -0.15) is 9.90 Å². The number of thiophene rings is 1. The fraction of sp³-hybridized carbons (Fsp3) is 0.208. The first-order valence-electron chi connectivity index (χ1n) is 10.3. The highest BCUT2D eigenvalue weighted by Crippen LogP contribution is 2.42. The molecule has 0 N–H and O–H groups in total. The Morgan fingerprint density at radius 3 is 2.56 bits per heavy atom. The van der Waals surface area contributed by atoms with Gasteiger partial charge >= 0.3 is 0 Å². The van der Waals surface area contributed by atoms with Crippen LogP contribution in [-0.4, -0.2) is 46.6 Å². The third-order valence-electron chi connectivity index (χ3n) is 5.65. The summed E-state index contributed by atoms with van der Waals surface area (Å²) in [5.41, 5.74) is 3.32. The van der Waals surface area contributed by atoms with E-state index in [1.807, 2.05) is 58.8 Å². The van der Waals surface area contributed by atoms with Crippen LogP contribution in [0.4, 0.5) is 0 Å². The van der Waals surface area contributed by atoms with Crippen LogP contribution in [0.5, 0.6) is 11.5 Å². The molecule has 4 aromatic rings. The average molecular weight is 447 g/mol. The zero-order valence-corrected chi connectivity index (χ0v) is 18.6. The van der Waals surface area contributed by atoms with Gasteiger partial charge < -0.3 is 14.4 Å². The van der Waals surface area contributed by atoms with Crippen LogP contribution in [-0.2, 0) is 6.42 Å². The quantitative estimate of drug-likeness (QED) is 0.461. The van der Waals surface area contributed by atoms with Crippen molar-refractivity contribution in [3.8, 4) is 17.2 Å². The first-order chi connectivity index (χ1) is 15.7. The third kappa shape index (κ3) is 3.52. The van der Waals surface area contributed by atoms with Crippen LogP contribution in [0, 0.1) is 0 Å². The van der Waals surface area contributed by atoms with E-state index in [0.29, 0.717) is 23.7 Å². The van der Waals surface area contributed by atoms with E-state index in [0.717, 1.165) is 28.1 Å². The summed E-state index contributed by atoms with van der Waals surface area (Å²) in [6.45, 7) is 0.572. The van der Waals surface area contributed by atoms with Crippen LogP contribution in [0.2, 0.25) is 0 Å². The average Bonchev–Trinajstić information content (AvgIpc) is 3.55. The molecular weight excluding hydrogens is 424 g/mol.